The molecule has 0 fully saturated rings. The predicted octanol–water partition coefficient (Wildman–Crippen LogP) is 4.50. The number of benzene rings is 1. The van der Waals surface area contributed by atoms with Crippen molar-refractivity contribution in [1.82, 2.24) is 28.5 Å². The number of nitrogens with zero attached hydrogens (tertiary/aromatic N) is 5. The normalized spacial score (nSPS) is 12.0. The third-order valence-electron chi connectivity index (χ3n) is 6.04. The van der Waals surface area contributed by atoms with Crippen molar-refractivity contribution in [3.05, 3.63) is 72.6 Å². The average molecular weight is 544 g/mol. The minimum atomic E-state index is -0.366. The lowest BCUT2D eigenvalue weighted by atomic mass is 10.1. The molecular formula is C24H24BrClN6O2. The molecule has 4 heterocycles. The summed E-state index contributed by atoms with van der Waals surface area (Å²) in [4.78, 5) is 29.7. The van der Waals surface area contributed by atoms with Gasteiger partial charge in [0, 0.05) is 53.4 Å². The SMILES string of the molecule is CC(C)Cn1c(=O)n(C)c(=O)c2c(-c3cc(Br)cn3C)n(Cc3c[nH]c4ccc(Cl)cc34)nc21. The van der Waals surface area contributed by atoms with Crippen LogP contribution in [-0.4, -0.2) is 28.5 Å². The van der Waals surface area contributed by atoms with Gasteiger partial charge in [-0.05, 0) is 51.7 Å². The van der Waals surface area contributed by atoms with Crippen molar-refractivity contribution in [3.63, 3.8) is 0 Å². The highest BCUT2D eigenvalue weighted by Gasteiger charge is 2.25. The maximum Gasteiger partial charge on any atom is 0.332 e. The smallest absolute Gasteiger partial charge is 0.332 e. The molecule has 0 atom stereocenters. The number of halogens is 2. The third kappa shape index (κ3) is 3.63. The Kier molecular flexibility index (Phi) is 5.56. The van der Waals surface area contributed by atoms with Gasteiger partial charge >= 0.3 is 5.69 Å². The Labute approximate surface area is 208 Å². The molecule has 0 radical (unpaired) electrons. The van der Waals surface area contributed by atoms with Gasteiger partial charge in [0.2, 0.25) is 0 Å². The molecule has 10 heteroatoms. The van der Waals surface area contributed by atoms with Crippen molar-refractivity contribution in [2.24, 2.45) is 20.0 Å². The first-order valence-corrected chi connectivity index (χ1v) is 12.1. The molecule has 5 rings (SSSR count). The highest BCUT2D eigenvalue weighted by Crippen LogP contribution is 2.31. The second-order valence-electron chi connectivity index (χ2n) is 9.01. The lowest BCUT2D eigenvalue weighted by molar-refractivity contribution is 0.498. The Hall–Kier alpha value is -3.04. The van der Waals surface area contributed by atoms with Crippen molar-refractivity contribution in [3.8, 4) is 11.4 Å². The van der Waals surface area contributed by atoms with Crippen molar-refractivity contribution in [1.29, 1.82) is 0 Å². The number of aryl methyl sites for hydroxylation is 1. The molecule has 0 aliphatic heterocycles. The zero-order valence-corrected chi connectivity index (χ0v) is 21.6. The van der Waals surface area contributed by atoms with Crippen LogP contribution in [-0.2, 0) is 27.2 Å². The Morgan fingerprint density at radius 1 is 1.18 bits per heavy atom. The molecule has 1 aromatic carbocycles. The number of rotatable bonds is 5. The summed E-state index contributed by atoms with van der Waals surface area (Å²) in [5.74, 6) is 0.201. The number of aromatic amines is 1. The minimum absolute atomic E-state index is 0.201. The van der Waals surface area contributed by atoms with Crippen molar-refractivity contribution in [2.45, 2.75) is 26.9 Å². The maximum absolute atomic E-state index is 13.4. The highest BCUT2D eigenvalue weighted by atomic mass is 79.9. The molecule has 5 aromatic rings. The Morgan fingerprint density at radius 2 is 1.94 bits per heavy atom. The van der Waals surface area contributed by atoms with Gasteiger partial charge in [0.15, 0.2) is 5.65 Å². The van der Waals surface area contributed by atoms with Crippen LogP contribution in [0.25, 0.3) is 33.3 Å². The zero-order chi connectivity index (χ0) is 24.3. The molecule has 0 spiro atoms. The molecule has 34 heavy (non-hydrogen) atoms. The summed E-state index contributed by atoms with van der Waals surface area (Å²) in [6, 6.07) is 7.65. The monoisotopic (exact) mass is 542 g/mol. The van der Waals surface area contributed by atoms with Crippen LogP contribution in [0.3, 0.4) is 0 Å². The summed E-state index contributed by atoms with van der Waals surface area (Å²) < 4.78 is 7.42. The molecule has 0 saturated heterocycles. The molecule has 0 saturated carbocycles. The van der Waals surface area contributed by atoms with E-state index < -0.39 is 0 Å². The van der Waals surface area contributed by atoms with E-state index >= 15 is 0 Å². The van der Waals surface area contributed by atoms with Crippen LogP contribution >= 0.6 is 27.5 Å². The first-order chi connectivity index (χ1) is 16.2. The number of nitrogens with one attached hydrogen (secondary N) is 1. The van der Waals surface area contributed by atoms with Gasteiger partial charge in [0.1, 0.15) is 11.1 Å². The number of aromatic nitrogens is 6. The summed E-state index contributed by atoms with van der Waals surface area (Å²) in [7, 11) is 3.44. The molecule has 176 valence electrons. The fourth-order valence-electron chi connectivity index (χ4n) is 4.47. The van der Waals surface area contributed by atoms with Gasteiger partial charge in [-0.25, -0.2) is 4.79 Å². The fourth-order valence-corrected chi connectivity index (χ4v) is 5.16. The van der Waals surface area contributed by atoms with Crippen LogP contribution < -0.4 is 11.2 Å². The van der Waals surface area contributed by atoms with Crippen LogP contribution in [0.2, 0.25) is 5.02 Å². The van der Waals surface area contributed by atoms with Crippen LogP contribution in [0.4, 0.5) is 0 Å². The van der Waals surface area contributed by atoms with E-state index in [-0.39, 0.29) is 17.2 Å². The number of fused-ring (bicyclic) bond motifs is 2. The van der Waals surface area contributed by atoms with Gasteiger partial charge in [0.25, 0.3) is 5.56 Å². The van der Waals surface area contributed by atoms with Crippen molar-refractivity contribution >= 4 is 49.5 Å². The second kappa shape index (κ2) is 8.32. The van der Waals surface area contributed by atoms with Crippen molar-refractivity contribution < 1.29 is 0 Å². The van der Waals surface area contributed by atoms with Crippen molar-refractivity contribution in [2.75, 3.05) is 0 Å². The van der Waals surface area contributed by atoms with E-state index in [9.17, 15) is 9.59 Å². The largest absolute Gasteiger partial charge is 0.361 e. The first-order valence-electron chi connectivity index (χ1n) is 10.9. The number of hydrogen-bond donors (Lipinski definition) is 1. The lowest BCUT2D eigenvalue weighted by Gasteiger charge is -2.11. The molecule has 0 bridgehead atoms. The Balaban J connectivity index is 1.85. The van der Waals surface area contributed by atoms with E-state index in [1.807, 2.05) is 66.8 Å². The summed E-state index contributed by atoms with van der Waals surface area (Å²) >= 11 is 9.80. The van der Waals surface area contributed by atoms with Gasteiger partial charge in [0.05, 0.1) is 12.2 Å². The second-order valence-corrected chi connectivity index (χ2v) is 10.4. The molecule has 0 aliphatic carbocycles. The average Bonchev–Trinajstić information content (AvgIpc) is 3.44. The van der Waals surface area contributed by atoms with Crippen LogP contribution in [0.5, 0.6) is 0 Å². The van der Waals surface area contributed by atoms with E-state index in [2.05, 4.69) is 20.9 Å². The number of hydrogen-bond acceptors (Lipinski definition) is 3. The van der Waals surface area contributed by atoms with Crippen LogP contribution in [0.1, 0.15) is 19.4 Å². The summed E-state index contributed by atoms with van der Waals surface area (Å²) in [5.41, 5.74) is 3.10. The van der Waals surface area contributed by atoms with E-state index in [4.69, 9.17) is 16.7 Å². The predicted molar refractivity (Wildman–Crippen MR) is 139 cm³/mol. The van der Waals surface area contributed by atoms with Gasteiger partial charge in [-0.2, -0.15) is 5.10 Å². The van der Waals surface area contributed by atoms with Gasteiger partial charge in [-0.3, -0.25) is 18.6 Å². The maximum atomic E-state index is 13.4. The van der Waals surface area contributed by atoms with E-state index in [1.54, 1.807) is 4.57 Å². The molecule has 8 nitrogen and oxygen atoms in total. The third-order valence-corrected chi connectivity index (χ3v) is 6.71. The minimum Gasteiger partial charge on any atom is -0.361 e. The standard InChI is InChI=1S/C24H24BrClN6O2/c1-13(2)10-31-22-20(23(33)30(4)24(31)34)21(19-7-15(25)12-29(19)3)32(28-22)11-14-9-27-18-6-5-16(26)8-17(14)18/h5-9,12-13,27H,10-11H2,1-4H3. The van der Waals surface area contributed by atoms with Gasteiger partial charge in [-0.15, -0.1) is 0 Å². The number of H-pyrrole nitrogens is 1. The molecule has 0 unspecified atom stereocenters. The highest BCUT2D eigenvalue weighted by molar-refractivity contribution is 9.10. The molecule has 0 aliphatic rings. The zero-order valence-electron chi connectivity index (χ0n) is 19.3. The van der Waals surface area contributed by atoms with Crippen LogP contribution in [0, 0.1) is 5.92 Å². The molecule has 4 aromatic heterocycles. The van der Waals surface area contributed by atoms with Gasteiger partial charge < -0.3 is 9.55 Å². The van der Waals surface area contributed by atoms with E-state index in [1.165, 1.54) is 11.6 Å². The lowest BCUT2D eigenvalue weighted by Crippen LogP contribution is -2.38. The van der Waals surface area contributed by atoms with E-state index in [0.29, 0.717) is 34.8 Å². The molecular weight excluding hydrogens is 520 g/mol. The van der Waals surface area contributed by atoms with Crippen LogP contribution in [0.15, 0.2) is 50.7 Å². The van der Waals surface area contributed by atoms with Gasteiger partial charge in [-0.1, -0.05) is 25.4 Å². The first kappa shape index (κ1) is 22.7. The Bertz CT molecular complexity index is 1680. The summed E-state index contributed by atoms with van der Waals surface area (Å²) in [6.07, 6.45) is 3.86. The summed E-state index contributed by atoms with van der Waals surface area (Å²) in [5, 5.41) is 6.90. The van der Waals surface area contributed by atoms with E-state index in [0.717, 1.165) is 26.6 Å². The Morgan fingerprint density at radius 3 is 2.62 bits per heavy atom. The molecule has 0 amide bonds. The summed E-state index contributed by atoms with van der Waals surface area (Å²) in [6.45, 7) is 4.92. The molecule has 1 N–H and O–H groups in total. The fraction of sp³-hybridized carbons (Fsp3) is 0.292. The topological polar surface area (TPSA) is 82.5 Å². The quantitative estimate of drug-likeness (QED) is 0.354.